The van der Waals surface area contributed by atoms with Gasteiger partial charge in [0.15, 0.2) is 0 Å². The van der Waals surface area contributed by atoms with Crippen LogP contribution in [0.2, 0.25) is 0 Å². The SMILES string of the molecule is C[C@H]1CCCN(C[C@@H](O)CNC2CC2)C1. The number of nitrogens with zero attached hydrogens (tertiary/aromatic N) is 1. The smallest absolute Gasteiger partial charge is 0.0791 e. The number of rotatable bonds is 5. The predicted octanol–water partition coefficient (Wildman–Crippen LogP) is 0.831. The minimum Gasteiger partial charge on any atom is -0.390 e. The Hall–Kier alpha value is -0.120. The van der Waals surface area contributed by atoms with Crippen LogP contribution >= 0.6 is 0 Å². The minimum atomic E-state index is -0.184. The molecule has 15 heavy (non-hydrogen) atoms. The van der Waals surface area contributed by atoms with Crippen LogP contribution in [-0.2, 0) is 0 Å². The number of likely N-dealkylation sites (tertiary alicyclic amines) is 1. The van der Waals surface area contributed by atoms with Gasteiger partial charge in [-0.1, -0.05) is 6.92 Å². The average molecular weight is 212 g/mol. The van der Waals surface area contributed by atoms with Gasteiger partial charge in [-0.15, -0.1) is 0 Å². The van der Waals surface area contributed by atoms with Gasteiger partial charge in [0.05, 0.1) is 6.10 Å². The van der Waals surface area contributed by atoms with Crippen LogP contribution in [0.3, 0.4) is 0 Å². The summed E-state index contributed by atoms with van der Waals surface area (Å²) in [6.45, 7) is 6.27. The zero-order chi connectivity index (χ0) is 10.7. The third kappa shape index (κ3) is 4.09. The van der Waals surface area contributed by atoms with Crippen LogP contribution in [0.15, 0.2) is 0 Å². The summed E-state index contributed by atoms with van der Waals surface area (Å²) in [7, 11) is 0. The fraction of sp³-hybridized carbons (Fsp3) is 1.00. The van der Waals surface area contributed by atoms with Crippen LogP contribution in [-0.4, -0.2) is 48.3 Å². The molecule has 0 radical (unpaired) electrons. The number of β-amino-alcohol motifs (C(OH)–C–C–N with tert-alkyl or cyclic N) is 1. The van der Waals surface area contributed by atoms with Crippen molar-refractivity contribution in [2.24, 2.45) is 5.92 Å². The van der Waals surface area contributed by atoms with Crippen molar-refractivity contribution in [3.05, 3.63) is 0 Å². The molecule has 3 heteroatoms. The van der Waals surface area contributed by atoms with Crippen molar-refractivity contribution in [2.75, 3.05) is 26.2 Å². The van der Waals surface area contributed by atoms with Crippen LogP contribution < -0.4 is 5.32 Å². The lowest BCUT2D eigenvalue weighted by Gasteiger charge is -2.32. The fourth-order valence-corrected chi connectivity index (χ4v) is 2.41. The van der Waals surface area contributed by atoms with Crippen molar-refractivity contribution >= 4 is 0 Å². The Morgan fingerprint density at radius 1 is 1.40 bits per heavy atom. The predicted molar refractivity (Wildman–Crippen MR) is 61.9 cm³/mol. The Labute approximate surface area is 92.8 Å². The van der Waals surface area contributed by atoms with E-state index in [9.17, 15) is 5.11 Å². The molecule has 0 aromatic heterocycles. The Morgan fingerprint density at radius 3 is 2.87 bits per heavy atom. The number of hydrogen-bond acceptors (Lipinski definition) is 3. The molecule has 2 fully saturated rings. The van der Waals surface area contributed by atoms with Gasteiger partial charge in [-0.3, -0.25) is 0 Å². The summed E-state index contributed by atoms with van der Waals surface area (Å²) >= 11 is 0. The van der Waals surface area contributed by atoms with E-state index in [-0.39, 0.29) is 6.10 Å². The van der Waals surface area contributed by atoms with E-state index in [0.717, 1.165) is 19.0 Å². The van der Waals surface area contributed by atoms with Crippen LogP contribution in [0.4, 0.5) is 0 Å². The molecule has 1 aliphatic carbocycles. The summed E-state index contributed by atoms with van der Waals surface area (Å²) in [4.78, 5) is 2.41. The third-order valence-corrected chi connectivity index (χ3v) is 3.43. The van der Waals surface area contributed by atoms with Gasteiger partial charge < -0.3 is 15.3 Å². The third-order valence-electron chi connectivity index (χ3n) is 3.43. The van der Waals surface area contributed by atoms with E-state index in [2.05, 4.69) is 17.1 Å². The molecule has 0 aromatic carbocycles. The quantitative estimate of drug-likeness (QED) is 0.708. The topological polar surface area (TPSA) is 35.5 Å². The molecule has 0 aromatic rings. The highest BCUT2D eigenvalue weighted by atomic mass is 16.3. The van der Waals surface area contributed by atoms with E-state index < -0.39 is 0 Å². The lowest BCUT2D eigenvalue weighted by molar-refractivity contribution is 0.0868. The molecule has 0 unspecified atom stereocenters. The molecule has 1 heterocycles. The Bertz CT molecular complexity index is 194. The van der Waals surface area contributed by atoms with Gasteiger partial charge in [-0.25, -0.2) is 0 Å². The van der Waals surface area contributed by atoms with Crippen LogP contribution in [0.1, 0.15) is 32.6 Å². The number of aliphatic hydroxyl groups excluding tert-OH is 1. The highest BCUT2D eigenvalue weighted by molar-refractivity contribution is 4.82. The van der Waals surface area contributed by atoms with Crippen molar-refractivity contribution < 1.29 is 5.11 Å². The van der Waals surface area contributed by atoms with Gasteiger partial charge in [0, 0.05) is 25.7 Å². The van der Waals surface area contributed by atoms with Crippen LogP contribution in [0, 0.1) is 5.92 Å². The van der Waals surface area contributed by atoms with Gasteiger partial charge in [0.25, 0.3) is 0 Å². The zero-order valence-corrected chi connectivity index (χ0v) is 9.78. The van der Waals surface area contributed by atoms with Crippen molar-refractivity contribution in [2.45, 2.75) is 44.8 Å². The van der Waals surface area contributed by atoms with Crippen molar-refractivity contribution in [1.82, 2.24) is 10.2 Å². The summed E-state index contributed by atoms with van der Waals surface area (Å²) in [5.74, 6) is 0.808. The molecule has 1 aliphatic heterocycles. The van der Waals surface area contributed by atoms with E-state index in [1.807, 2.05) is 0 Å². The number of piperidine rings is 1. The average Bonchev–Trinajstić information content (AvgIpc) is 2.98. The Balaban J connectivity index is 1.61. The molecule has 1 saturated heterocycles. The number of aliphatic hydroxyl groups is 1. The maximum Gasteiger partial charge on any atom is 0.0791 e. The first-order valence-corrected chi connectivity index (χ1v) is 6.38. The molecule has 88 valence electrons. The molecule has 2 rings (SSSR count). The van der Waals surface area contributed by atoms with E-state index in [1.54, 1.807) is 0 Å². The summed E-state index contributed by atoms with van der Waals surface area (Å²) in [6.07, 6.45) is 5.06. The maximum absolute atomic E-state index is 9.86. The van der Waals surface area contributed by atoms with Gasteiger partial charge in [0.1, 0.15) is 0 Å². The van der Waals surface area contributed by atoms with E-state index >= 15 is 0 Å². The monoisotopic (exact) mass is 212 g/mol. The van der Waals surface area contributed by atoms with Gasteiger partial charge in [0.2, 0.25) is 0 Å². The normalized spacial score (nSPS) is 30.4. The highest BCUT2D eigenvalue weighted by Gasteiger charge is 2.23. The minimum absolute atomic E-state index is 0.184. The molecule has 2 N–H and O–H groups in total. The molecule has 1 saturated carbocycles. The second-order valence-corrected chi connectivity index (χ2v) is 5.34. The largest absolute Gasteiger partial charge is 0.390 e. The summed E-state index contributed by atoms with van der Waals surface area (Å²) < 4.78 is 0. The van der Waals surface area contributed by atoms with Gasteiger partial charge >= 0.3 is 0 Å². The van der Waals surface area contributed by atoms with Crippen LogP contribution in [0.5, 0.6) is 0 Å². The molecule has 2 atom stereocenters. The Morgan fingerprint density at radius 2 is 2.20 bits per heavy atom. The summed E-state index contributed by atoms with van der Waals surface area (Å²) in [5.41, 5.74) is 0. The molecule has 0 amide bonds. The molecule has 3 nitrogen and oxygen atoms in total. The van der Waals surface area contributed by atoms with Crippen molar-refractivity contribution in [3.8, 4) is 0 Å². The van der Waals surface area contributed by atoms with E-state index in [0.29, 0.717) is 6.04 Å². The second-order valence-electron chi connectivity index (χ2n) is 5.34. The lowest BCUT2D eigenvalue weighted by atomic mass is 10.00. The van der Waals surface area contributed by atoms with E-state index in [1.165, 1.54) is 38.8 Å². The first-order chi connectivity index (χ1) is 7.24. The van der Waals surface area contributed by atoms with Crippen molar-refractivity contribution in [3.63, 3.8) is 0 Å². The number of hydrogen-bond donors (Lipinski definition) is 2. The van der Waals surface area contributed by atoms with Crippen LogP contribution in [0.25, 0.3) is 0 Å². The first-order valence-electron chi connectivity index (χ1n) is 6.38. The van der Waals surface area contributed by atoms with E-state index in [4.69, 9.17) is 0 Å². The number of nitrogens with one attached hydrogen (secondary N) is 1. The standard InChI is InChI=1S/C12H24N2O/c1-10-3-2-6-14(8-10)9-12(15)7-13-11-4-5-11/h10-13,15H,2-9H2,1H3/t10-,12-/m0/s1. The molecule has 0 spiro atoms. The fourth-order valence-electron chi connectivity index (χ4n) is 2.41. The Kier molecular flexibility index (Phi) is 4.00. The molecule has 0 bridgehead atoms. The van der Waals surface area contributed by atoms with Gasteiger partial charge in [-0.05, 0) is 38.1 Å². The first kappa shape index (κ1) is 11.4. The maximum atomic E-state index is 9.86. The van der Waals surface area contributed by atoms with Crippen molar-refractivity contribution in [1.29, 1.82) is 0 Å². The van der Waals surface area contributed by atoms with Gasteiger partial charge in [-0.2, -0.15) is 0 Å². The molecular weight excluding hydrogens is 188 g/mol. The zero-order valence-electron chi connectivity index (χ0n) is 9.78. The summed E-state index contributed by atoms with van der Waals surface area (Å²) in [6, 6.07) is 0.708. The second kappa shape index (κ2) is 5.28. The highest BCUT2D eigenvalue weighted by Crippen LogP contribution is 2.19. The lowest BCUT2D eigenvalue weighted by Crippen LogP contribution is -2.43. The molecular formula is C12H24N2O. The summed E-state index contributed by atoms with van der Waals surface area (Å²) in [5, 5.41) is 13.2. The molecule has 2 aliphatic rings.